The van der Waals surface area contributed by atoms with E-state index in [2.05, 4.69) is 18.9 Å². The van der Waals surface area contributed by atoms with Crippen molar-refractivity contribution < 1.29 is 5.11 Å². The molecule has 0 aromatic heterocycles. The number of hydrogen-bond donors (Lipinski definition) is 1. The highest BCUT2D eigenvalue weighted by atomic mass is 16.3. The van der Waals surface area contributed by atoms with Crippen molar-refractivity contribution in [1.82, 2.24) is 4.90 Å². The van der Waals surface area contributed by atoms with Gasteiger partial charge in [0.05, 0.1) is 6.10 Å². The fourth-order valence-corrected chi connectivity index (χ4v) is 1.81. The normalized spacial score (nSPS) is 33.0. The van der Waals surface area contributed by atoms with Crippen LogP contribution in [0.4, 0.5) is 0 Å². The molecule has 0 unspecified atom stereocenters. The first kappa shape index (κ1) is 9.01. The molecule has 0 spiro atoms. The summed E-state index contributed by atoms with van der Waals surface area (Å²) in [7, 11) is 2.08. The second-order valence-corrected chi connectivity index (χ2v) is 3.69. The Morgan fingerprint density at radius 2 is 2.18 bits per heavy atom. The lowest BCUT2D eigenvalue weighted by molar-refractivity contribution is 0.138. The SMILES string of the molecule is CCCC[C@H]1CN(C)C[C@H]1O. The van der Waals surface area contributed by atoms with E-state index in [0.717, 1.165) is 13.1 Å². The van der Waals surface area contributed by atoms with Crippen molar-refractivity contribution in [2.75, 3.05) is 20.1 Å². The fraction of sp³-hybridized carbons (Fsp3) is 1.00. The third-order valence-electron chi connectivity index (χ3n) is 2.52. The van der Waals surface area contributed by atoms with Gasteiger partial charge in [-0.1, -0.05) is 19.8 Å². The van der Waals surface area contributed by atoms with Gasteiger partial charge in [-0.05, 0) is 19.4 Å². The van der Waals surface area contributed by atoms with Crippen LogP contribution in [0.5, 0.6) is 0 Å². The zero-order valence-corrected chi connectivity index (χ0v) is 7.58. The molecule has 0 radical (unpaired) electrons. The molecule has 1 aliphatic heterocycles. The molecule has 1 rings (SSSR count). The molecule has 1 fully saturated rings. The Morgan fingerprint density at radius 3 is 2.64 bits per heavy atom. The quantitative estimate of drug-likeness (QED) is 0.663. The van der Waals surface area contributed by atoms with Gasteiger partial charge in [-0.3, -0.25) is 0 Å². The molecule has 11 heavy (non-hydrogen) atoms. The topological polar surface area (TPSA) is 23.5 Å². The van der Waals surface area contributed by atoms with Crippen molar-refractivity contribution >= 4 is 0 Å². The average Bonchev–Trinajstić information content (AvgIpc) is 2.26. The van der Waals surface area contributed by atoms with Crippen LogP contribution >= 0.6 is 0 Å². The highest BCUT2D eigenvalue weighted by Gasteiger charge is 2.27. The maximum absolute atomic E-state index is 9.54. The largest absolute Gasteiger partial charge is 0.391 e. The van der Waals surface area contributed by atoms with Gasteiger partial charge in [0.25, 0.3) is 0 Å². The molecule has 1 heterocycles. The predicted molar refractivity (Wildman–Crippen MR) is 46.5 cm³/mol. The van der Waals surface area contributed by atoms with Crippen molar-refractivity contribution in [2.45, 2.75) is 32.3 Å². The predicted octanol–water partition coefficient (Wildman–Crippen LogP) is 1.10. The molecule has 0 saturated carbocycles. The first-order valence-electron chi connectivity index (χ1n) is 4.60. The summed E-state index contributed by atoms with van der Waals surface area (Å²) in [6, 6.07) is 0. The first-order valence-corrected chi connectivity index (χ1v) is 4.60. The van der Waals surface area contributed by atoms with Crippen LogP contribution in [0.2, 0.25) is 0 Å². The van der Waals surface area contributed by atoms with E-state index in [4.69, 9.17) is 0 Å². The summed E-state index contributed by atoms with van der Waals surface area (Å²) in [5, 5.41) is 9.54. The van der Waals surface area contributed by atoms with E-state index in [1.54, 1.807) is 0 Å². The first-order chi connectivity index (χ1) is 5.24. The van der Waals surface area contributed by atoms with Gasteiger partial charge >= 0.3 is 0 Å². The van der Waals surface area contributed by atoms with Gasteiger partial charge in [0.15, 0.2) is 0 Å². The molecule has 2 heteroatoms. The lowest BCUT2D eigenvalue weighted by Gasteiger charge is -2.11. The van der Waals surface area contributed by atoms with Crippen molar-refractivity contribution in [3.63, 3.8) is 0 Å². The summed E-state index contributed by atoms with van der Waals surface area (Å²) < 4.78 is 0. The van der Waals surface area contributed by atoms with Crippen LogP contribution in [0.3, 0.4) is 0 Å². The van der Waals surface area contributed by atoms with Crippen LogP contribution < -0.4 is 0 Å². The number of likely N-dealkylation sites (tertiary alicyclic amines) is 1. The smallest absolute Gasteiger partial charge is 0.0707 e. The number of aliphatic hydroxyl groups excluding tert-OH is 1. The molecule has 0 aromatic carbocycles. The summed E-state index contributed by atoms with van der Waals surface area (Å²) in [5.41, 5.74) is 0. The van der Waals surface area contributed by atoms with E-state index >= 15 is 0 Å². The van der Waals surface area contributed by atoms with Crippen LogP contribution in [0.25, 0.3) is 0 Å². The third kappa shape index (κ3) is 2.46. The molecule has 2 atom stereocenters. The average molecular weight is 157 g/mol. The van der Waals surface area contributed by atoms with Gasteiger partial charge < -0.3 is 10.0 Å². The zero-order chi connectivity index (χ0) is 8.27. The Morgan fingerprint density at radius 1 is 1.45 bits per heavy atom. The van der Waals surface area contributed by atoms with E-state index in [-0.39, 0.29) is 6.10 Å². The summed E-state index contributed by atoms with van der Waals surface area (Å²) in [6.07, 6.45) is 3.64. The molecule has 0 bridgehead atoms. The Bertz CT molecular complexity index is 116. The van der Waals surface area contributed by atoms with Crippen LogP contribution in [0.1, 0.15) is 26.2 Å². The lowest BCUT2D eigenvalue weighted by atomic mass is 9.99. The molecule has 0 aliphatic carbocycles. The maximum atomic E-state index is 9.54. The lowest BCUT2D eigenvalue weighted by Crippen LogP contribution is -2.17. The molecule has 1 N–H and O–H groups in total. The highest BCUT2D eigenvalue weighted by Crippen LogP contribution is 2.20. The van der Waals surface area contributed by atoms with Crippen LogP contribution in [0.15, 0.2) is 0 Å². The van der Waals surface area contributed by atoms with E-state index in [0.29, 0.717) is 5.92 Å². The number of likely N-dealkylation sites (N-methyl/N-ethyl adjacent to an activating group) is 1. The van der Waals surface area contributed by atoms with E-state index in [1.807, 2.05) is 0 Å². The standard InChI is InChI=1S/C9H19NO/c1-3-4-5-8-6-10(2)7-9(8)11/h8-9,11H,3-7H2,1-2H3/t8-,9+/m0/s1. The van der Waals surface area contributed by atoms with Crippen LogP contribution in [0, 0.1) is 5.92 Å². The molecule has 2 nitrogen and oxygen atoms in total. The molecular weight excluding hydrogens is 138 g/mol. The van der Waals surface area contributed by atoms with Crippen LogP contribution in [-0.4, -0.2) is 36.2 Å². The minimum atomic E-state index is -0.0634. The Balaban J connectivity index is 2.23. The number of aliphatic hydroxyl groups is 1. The zero-order valence-electron chi connectivity index (χ0n) is 7.58. The van der Waals surface area contributed by atoms with Crippen LogP contribution in [-0.2, 0) is 0 Å². The number of hydrogen-bond acceptors (Lipinski definition) is 2. The van der Waals surface area contributed by atoms with E-state index < -0.39 is 0 Å². The van der Waals surface area contributed by atoms with Crippen molar-refractivity contribution in [3.05, 3.63) is 0 Å². The van der Waals surface area contributed by atoms with Gasteiger partial charge in [0, 0.05) is 13.1 Å². The maximum Gasteiger partial charge on any atom is 0.0707 e. The number of rotatable bonds is 3. The molecule has 1 saturated heterocycles. The number of β-amino-alcohol motifs (C(OH)–C–C–N with tert-alkyl or cyclic N) is 1. The summed E-state index contributed by atoms with van der Waals surface area (Å²) in [5.74, 6) is 0.542. The van der Waals surface area contributed by atoms with Crippen molar-refractivity contribution in [1.29, 1.82) is 0 Å². The third-order valence-corrected chi connectivity index (χ3v) is 2.52. The fourth-order valence-electron chi connectivity index (χ4n) is 1.81. The Kier molecular flexibility index (Phi) is 3.34. The number of nitrogens with zero attached hydrogens (tertiary/aromatic N) is 1. The molecule has 1 aliphatic rings. The molecule has 0 amide bonds. The summed E-state index contributed by atoms with van der Waals surface area (Å²) >= 11 is 0. The minimum absolute atomic E-state index is 0.0634. The second-order valence-electron chi connectivity index (χ2n) is 3.69. The van der Waals surface area contributed by atoms with Gasteiger partial charge in [0.2, 0.25) is 0 Å². The van der Waals surface area contributed by atoms with E-state index in [1.165, 1.54) is 19.3 Å². The van der Waals surface area contributed by atoms with Gasteiger partial charge in [-0.2, -0.15) is 0 Å². The van der Waals surface area contributed by atoms with Gasteiger partial charge in [-0.25, -0.2) is 0 Å². The molecule has 66 valence electrons. The second kappa shape index (κ2) is 4.07. The summed E-state index contributed by atoms with van der Waals surface area (Å²) in [4.78, 5) is 2.21. The summed E-state index contributed by atoms with van der Waals surface area (Å²) in [6.45, 7) is 4.15. The Labute approximate surface area is 69.2 Å². The Hall–Kier alpha value is -0.0800. The minimum Gasteiger partial charge on any atom is -0.391 e. The van der Waals surface area contributed by atoms with Crippen molar-refractivity contribution in [2.24, 2.45) is 5.92 Å². The van der Waals surface area contributed by atoms with Gasteiger partial charge in [0.1, 0.15) is 0 Å². The highest BCUT2D eigenvalue weighted by molar-refractivity contribution is 4.81. The van der Waals surface area contributed by atoms with E-state index in [9.17, 15) is 5.11 Å². The molecular formula is C9H19NO. The molecule has 0 aromatic rings. The van der Waals surface area contributed by atoms with Crippen molar-refractivity contribution in [3.8, 4) is 0 Å². The monoisotopic (exact) mass is 157 g/mol. The number of unbranched alkanes of at least 4 members (excludes halogenated alkanes) is 1. The van der Waals surface area contributed by atoms with Gasteiger partial charge in [-0.15, -0.1) is 0 Å².